The molecule has 0 saturated heterocycles. The minimum Gasteiger partial charge on any atom is -0.493 e. The van der Waals surface area contributed by atoms with E-state index in [4.69, 9.17) is 26.8 Å². The average Bonchev–Trinajstić information content (AvgIpc) is 2.45. The molecule has 0 radical (unpaired) electrons. The lowest BCUT2D eigenvalue weighted by molar-refractivity contribution is 0.354. The van der Waals surface area contributed by atoms with Gasteiger partial charge in [-0.05, 0) is 24.6 Å². The van der Waals surface area contributed by atoms with Crippen molar-refractivity contribution in [2.24, 2.45) is 0 Å². The number of nitrogens with zero attached hydrogens (tertiary/aromatic N) is 2. The van der Waals surface area contributed by atoms with E-state index < -0.39 is 0 Å². The largest absolute Gasteiger partial charge is 0.493 e. The zero-order valence-corrected chi connectivity index (χ0v) is 12.8. The van der Waals surface area contributed by atoms with Crippen molar-refractivity contribution in [3.8, 4) is 11.5 Å². The van der Waals surface area contributed by atoms with Crippen LogP contribution in [0.1, 0.15) is 18.5 Å². The number of nitrogens with one attached hydrogen (secondary N) is 1. The van der Waals surface area contributed by atoms with Crippen LogP contribution in [0, 0.1) is 0 Å². The molecule has 1 atom stereocenters. The first kappa shape index (κ1) is 15.2. The van der Waals surface area contributed by atoms with Crippen LogP contribution >= 0.6 is 11.6 Å². The van der Waals surface area contributed by atoms with Crippen LogP contribution in [0.5, 0.6) is 11.5 Å². The third kappa shape index (κ3) is 3.66. The van der Waals surface area contributed by atoms with Crippen LogP contribution in [0.25, 0.3) is 0 Å². The molecular formula is C14H17ClN4O2. The van der Waals surface area contributed by atoms with E-state index in [0.29, 0.717) is 22.5 Å². The topological polar surface area (TPSA) is 82.3 Å². The first-order valence-corrected chi connectivity index (χ1v) is 6.69. The van der Waals surface area contributed by atoms with Gasteiger partial charge in [-0.3, -0.25) is 0 Å². The zero-order chi connectivity index (χ0) is 15.4. The molecule has 0 aliphatic heterocycles. The number of hydrogen-bond donors (Lipinski definition) is 2. The molecular weight excluding hydrogens is 292 g/mol. The maximum Gasteiger partial charge on any atom is 0.223 e. The third-order valence-electron chi connectivity index (χ3n) is 2.98. The maximum absolute atomic E-state index is 5.86. The number of nitrogens with two attached hydrogens (primary N) is 1. The minimum atomic E-state index is -0.0184. The Kier molecular flexibility index (Phi) is 4.70. The highest BCUT2D eigenvalue weighted by molar-refractivity contribution is 6.29. The van der Waals surface area contributed by atoms with Gasteiger partial charge in [0.2, 0.25) is 5.95 Å². The summed E-state index contributed by atoms with van der Waals surface area (Å²) in [5.41, 5.74) is 6.59. The Bertz CT molecular complexity index is 616. The van der Waals surface area contributed by atoms with Gasteiger partial charge in [0, 0.05) is 6.07 Å². The molecule has 0 aliphatic carbocycles. The Balaban J connectivity index is 2.21. The van der Waals surface area contributed by atoms with Gasteiger partial charge in [-0.15, -0.1) is 0 Å². The lowest BCUT2D eigenvalue weighted by atomic mass is 10.1. The lowest BCUT2D eigenvalue weighted by Gasteiger charge is -2.17. The molecule has 1 aromatic heterocycles. The van der Waals surface area contributed by atoms with Crippen LogP contribution in [0.15, 0.2) is 24.3 Å². The summed E-state index contributed by atoms with van der Waals surface area (Å²) >= 11 is 5.86. The number of hydrogen-bond acceptors (Lipinski definition) is 6. The van der Waals surface area contributed by atoms with Gasteiger partial charge in [-0.2, -0.15) is 4.98 Å². The Morgan fingerprint density at radius 3 is 2.48 bits per heavy atom. The normalized spacial score (nSPS) is 11.8. The van der Waals surface area contributed by atoms with E-state index in [2.05, 4.69) is 15.3 Å². The van der Waals surface area contributed by atoms with Gasteiger partial charge in [-0.25, -0.2) is 4.98 Å². The minimum absolute atomic E-state index is 0.0184. The molecule has 0 spiro atoms. The van der Waals surface area contributed by atoms with Crippen molar-refractivity contribution in [2.45, 2.75) is 13.0 Å². The molecule has 2 aromatic rings. The summed E-state index contributed by atoms with van der Waals surface area (Å²) < 4.78 is 10.5. The van der Waals surface area contributed by atoms with Gasteiger partial charge >= 0.3 is 0 Å². The number of methoxy groups -OCH3 is 2. The molecule has 6 nitrogen and oxygen atoms in total. The van der Waals surface area contributed by atoms with Crippen LogP contribution in [-0.4, -0.2) is 24.2 Å². The number of ether oxygens (including phenoxy) is 2. The van der Waals surface area contributed by atoms with Crippen LogP contribution < -0.4 is 20.5 Å². The monoisotopic (exact) mass is 308 g/mol. The SMILES string of the molecule is COc1ccc(C(C)Nc2cc(Cl)nc(N)n2)cc1OC. The van der Waals surface area contributed by atoms with Gasteiger partial charge in [0.25, 0.3) is 0 Å². The zero-order valence-electron chi connectivity index (χ0n) is 12.1. The van der Waals surface area contributed by atoms with Gasteiger partial charge in [0.1, 0.15) is 11.0 Å². The molecule has 21 heavy (non-hydrogen) atoms. The summed E-state index contributed by atoms with van der Waals surface area (Å²) in [6.07, 6.45) is 0. The maximum atomic E-state index is 5.86. The summed E-state index contributed by atoms with van der Waals surface area (Å²) in [6.45, 7) is 1.99. The molecule has 3 N–H and O–H groups in total. The molecule has 0 fully saturated rings. The summed E-state index contributed by atoms with van der Waals surface area (Å²) in [5.74, 6) is 2.05. The number of rotatable bonds is 5. The van der Waals surface area contributed by atoms with E-state index in [-0.39, 0.29) is 12.0 Å². The Labute approximate surface area is 128 Å². The highest BCUT2D eigenvalue weighted by Crippen LogP contribution is 2.31. The van der Waals surface area contributed by atoms with Crippen LogP contribution in [0.2, 0.25) is 5.15 Å². The molecule has 0 aliphatic rings. The van der Waals surface area contributed by atoms with Crippen molar-refractivity contribution in [2.75, 3.05) is 25.3 Å². The average molecular weight is 309 g/mol. The van der Waals surface area contributed by atoms with Gasteiger partial charge in [-0.1, -0.05) is 17.7 Å². The van der Waals surface area contributed by atoms with E-state index in [1.54, 1.807) is 20.3 Å². The molecule has 1 heterocycles. The second-order valence-corrected chi connectivity index (χ2v) is 4.80. The Morgan fingerprint density at radius 1 is 1.14 bits per heavy atom. The highest BCUT2D eigenvalue weighted by Gasteiger charge is 2.11. The summed E-state index contributed by atoms with van der Waals surface area (Å²) in [4.78, 5) is 7.91. The van der Waals surface area contributed by atoms with E-state index in [0.717, 1.165) is 5.56 Å². The molecule has 0 saturated carbocycles. The standard InChI is InChI=1S/C14H17ClN4O2/c1-8(17-13-7-12(15)18-14(16)19-13)9-4-5-10(20-2)11(6-9)21-3/h4-8H,1-3H3,(H3,16,17,18,19). The fourth-order valence-electron chi connectivity index (χ4n) is 1.94. The number of benzene rings is 1. The quantitative estimate of drug-likeness (QED) is 0.826. The first-order chi connectivity index (χ1) is 10.0. The van der Waals surface area contributed by atoms with Crippen molar-refractivity contribution in [1.29, 1.82) is 0 Å². The number of aromatic nitrogens is 2. The lowest BCUT2D eigenvalue weighted by Crippen LogP contribution is -2.09. The summed E-state index contributed by atoms with van der Waals surface area (Å²) in [6, 6.07) is 7.31. The van der Waals surface area contributed by atoms with Gasteiger partial charge in [0.05, 0.1) is 20.3 Å². The predicted octanol–water partition coefficient (Wildman–Crippen LogP) is 2.90. The number of nitrogen functional groups attached to an aromatic ring is 1. The molecule has 112 valence electrons. The van der Waals surface area contributed by atoms with Gasteiger partial charge < -0.3 is 20.5 Å². The van der Waals surface area contributed by atoms with Crippen LogP contribution in [0.4, 0.5) is 11.8 Å². The second kappa shape index (κ2) is 6.49. The van der Waals surface area contributed by atoms with E-state index in [1.165, 1.54) is 0 Å². The van der Waals surface area contributed by atoms with Crippen molar-refractivity contribution in [3.05, 3.63) is 35.0 Å². The van der Waals surface area contributed by atoms with Crippen molar-refractivity contribution in [3.63, 3.8) is 0 Å². The third-order valence-corrected chi connectivity index (χ3v) is 3.18. The van der Waals surface area contributed by atoms with Crippen LogP contribution in [0.3, 0.4) is 0 Å². The number of halogens is 1. The molecule has 0 bridgehead atoms. The summed E-state index contributed by atoms with van der Waals surface area (Å²) in [5, 5.41) is 3.51. The molecule has 2 rings (SSSR count). The molecule has 0 amide bonds. The highest BCUT2D eigenvalue weighted by atomic mass is 35.5. The first-order valence-electron chi connectivity index (χ1n) is 6.32. The molecule has 1 aromatic carbocycles. The fraction of sp³-hybridized carbons (Fsp3) is 0.286. The van der Waals surface area contributed by atoms with Crippen molar-refractivity contribution >= 4 is 23.4 Å². The molecule has 7 heteroatoms. The Hall–Kier alpha value is -2.21. The fourth-order valence-corrected chi connectivity index (χ4v) is 2.13. The number of anilines is 2. The van der Waals surface area contributed by atoms with Crippen molar-refractivity contribution < 1.29 is 9.47 Å². The van der Waals surface area contributed by atoms with E-state index >= 15 is 0 Å². The van der Waals surface area contributed by atoms with Crippen molar-refractivity contribution in [1.82, 2.24) is 9.97 Å². The predicted molar refractivity (Wildman–Crippen MR) is 83.0 cm³/mol. The second-order valence-electron chi connectivity index (χ2n) is 4.41. The Morgan fingerprint density at radius 2 is 1.86 bits per heavy atom. The van der Waals surface area contributed by atoms with Crippen LogP contribution in [-0.2, 0) is 0 Å². The summed E-state index contributed by atoms with van der Waals surface area (Å²) in [7, 11) is 3.20. The van der Waals surface area contributed by atoms with E-state index in [1.807, 2.05) is 25.1 Å². The van der Waals surface area contributed by atoms with E-state index in [9.17, 15) is 0 Å². The van der Waals surface area contributed by atoms with Gasteiger partial charge in [0.15, 0.2) is 11.5 Å². The smallest absolute Gasteiger partial charge is 0.223 e. The molecule has 1 unspecified atom stereocenters.